The lowest BCUT2D eigenvalue weighted by Crippen LogP contribution is -2.58. The highest BCUT2D eigenvalue weighted by atomic mass is 19.4. The topological polar surface area (TPSA) is 60.8 Å². The van der Waals surface area contributed by atoms with Crippen LogP contribution in [-0.4, -0.2) is 45.1 Å². The lowest BCUT2D eigenvalue weighted by Gasteiger charge is -2.43. The van der Waals surface area contributed by atoms with Crippen LogP contribution in [0.25, 0.3) is 0 Å². The molecule has 4 nitrogen and oxygen atoms in total. The normalized spacial score (nSPS) is 38.9. The van der Waals surface area contributed by atoms with E-state index in [1.165, 1.54) is 0 Å². The number of alkyl halides is 3. The van der Waals surface area contributed by atoms with E-state index in [0.717, 1.165) is 4.90 Å². The number of halogens is 3. The zero-order valence-electron chi connectivity index (χ0n) is 8.37. The maximum Gasteiger partial charge on any atom is 0.417 e. The third-order valence-corrected chi connectivity index (χ3v) is 3.52. The Morgan fingerprint density at radius 2 is 1.69 bits per heavy atom. The molecule has 0 saturated carbocycles. The summed E-state index contributed by atoms with van der Waals surface area (Å²) in [4.78, 5) is 11.9. The van der Waals surface area contributed by atoms with E-state index in [2.05, 4.69) is 0 Å². The Kier molecular flexibility index (Phi) is 2.34. The van der Waals surface area contributed by atoms with Gasteiger partial charge in [-0.15, -0.1) is 0 Å². The second-order valence-corrected chi connectivity index (χ2v) is 4.51. The molecule has 0 aromatic heterocycles. The highest BCUT2D eigenvalue weighted by Crippen LogP contribution is 2.47. The maximum absolute atomic E-state index is 12.6. The largest absolute Gasteiger partial charge is 0.465 e. The lowest BCUT2D eigenvalue weighted by molar-refractivity contribution is -0.277. The van der Waals surface area contributed by atoms with Crippen LogP contribution in [-0.2, 0) is 0 Å². The summed E-state index contributed by atoms with van der Waals surface area (Å²) < 4.78 is 37.8. The van der Waals surface area contributed by atoms with Crippen LogP contribution in [0.1, 0.15) is 25.7 Å². The number of hydrogen-bond acceptors (Lipinski definition) is 2. The Bertz CT molecular complexity index is 304. The summed E-state index contributed by atoms with van der Waals surface area (Å²) in [6, 6.07) is -1.41. The fourth-order valence-electron chi connectivity index (χ4n) is 2.77. The molecule has 0 radical (unpaired) electrons. The number of aliphatic hydroxyl groups is 1. The molecule has 2 aliphatic rings. The molecule has 16 heavy (non-hydrogen) atoms. The molecule has 0 spiro atoms. The number of rotatable bonds is 0. The molecule has 2 rings (SSSR count). The van der Waals surface area contributed by atoms with Gasteiger partial charge in [-0.1, -0.05) is 0 Å². The van der Waals surface area contributed by atoms with Crippen LogP contribution < -0.4 is 0 Å². The van der Waals surface area contributed by atoms with Crippen LogP contribution in [0.15, 0.2) is 0 Å². The summed E-state index contributed by atoms with van der Waals surface area (Å²) in [5.74, 6) is 0. The molecule has 1 amide bonds. The van der Waals surface area contributed by atoms with E-state index in [4.69, 9.17) is 5.11 Å². The predicted octanol–water partition coefficient (Wildman–Crippen LogP) is 1.58. The second-order valence-electron chi connectivity index (χ2n) is 4.51. The molecule has 0 aromatic carbocycles. The summed E-state index contributed by atoms with van der Waals surface area (Å²) in [6.07, 6.45) is -6.17. The van der Waals surface area contributed by atoms with Crippen molar-refractivity contribution in [2.45, 2.75) is 49.5 Å². The smallest absolute Gasteiger partial charge is 0.417 e. The molecule has 2 fully saturated rings. The van der Waals surface area contributed by atoms with E-state index in [1.54, 1.807) is 0 Å². The molecule has 0 aromatic rings. The Hall–Kier alpha value is -0.980. The van der Waals surface area contributed by atoms with Gasteiger partial charge < -0.3 is 15.1 Å². The molecule has 2 unspecified atom stereocenters. The highest BCUT2D eigenvalue weighted by molar-refractivity contribution is 5.66. The highest BCUT2D eigenvalue weighted by Gasteiger charge is 2.61. The average molecular weight is 239 g/mol. The van der Waals surface area contributed by atoms with Crippen molar-refractivity contribution in [3.05, 3.63) is 0 Å². The van der Waals surface area contributed by atoms with E-state index in [1.807, 2.05) is 0 Å². The van der Waals surface area contributed by atoms with Gasteiger partial charge in [0.05, 0.1) is 0 Å². The van der Waals surface area contributed by atoms with Crippen molar-refractivity contribution in [2.24, 2.45) is 0 Å². The van der Waals surface area contributed by atoms with Crippen molar-refractivity contribution in [3.63, 3.8) is 0 Å². The van der Waals surface area contributed by atoms with Gasteiger partial charge in [-0.05, 0) is 12.8 Å². The minimum Gasteiger partial charge on any atom is -0.465 e. The summed E-state index contributed by atoms with van der Waals surface area (Å²) in [5.41, 5.74) is -2.72. The van der Waals surface area contributed by atoms with Crippen molar-refractivity contribution in [1.82, 2.24) is 4.90 Å². The van der Waals surface area contributed by atoms with E-state index < -0.39 is 42.8 Å². The fraction of sp³-hybridized carbons (Fsp3) is 0.889. The number of carbonyl (C=O) groups is 1. The average Bonchev–Trinajstić information content (AvgIpc) is 2.37. The molecule has 2 atom stereocenters. The minimum atomic E-state index is -4.68. The van der Waals surface area contributed by atoms with E-state index >= 15 is 0 Å². The summed E-state index contributed by atoms with van der Waals surface area (Å²) in [7, 11) is 0. The Morgan fingerprint density at radius 1 is 1.25 bits per heavy atom. The molecule has 7 heteroatoms. The second kappa shape index (κ2) is 3.26. The third kappa shape index (κ3) is 1.53. The van der Waals surface area contributed by atoms with Crippen LogP contribution >= 0.6 is 0 Å². The van der Waals surface area contributed by atoms with E-state index in [0.29, 0.717) is 12.8 Å². The van der Waals surface area contributed by atoms with Crippen LogP contribution in [0.4, 0.5) is 18.0 Å². The molecule has 92 valence electrons. The molecular formula is C9H12F3NO3. The van der Waals surface area contributed by atoms with Gasteiger partial charge in [-0.3, -0.25) is 0 Å². The lowest BCUT2D eigenvalue weighted by atomic mass is 9.86. The zero-order valence-corrected chi connectivity index (χ0v) is 8.37. The SMILES string of the molecule is O=C(O)N1C2CCC1CC(O)(C(F)(F)F)C2. The molecule has 0 aliphatic carbocycles. The molecular weight excluding hydrogens is 227 g/mol. The molecule has 2 N–H and O–H groups in total. The first-order valence-electron chi connectivity index (χ1n) is 5.05. The quantitative estimate of drug-likeness (QED) is 0.674. The standard InChI is InChI=1S/C9H12F3NO3/c10-9(11,12)8(16)3-5-1-2-6(4-8)13(5)7(14)15/h5-6,16H,1-4H2,(H,14,15). The first kappa shape index (κ1) is 11.5. The monoisotopic (exact) mass is 239 g/mol. The van der Waals surface area contributed by atoms with E-state index in [-0.39, 0.29) is 0 Å². The summed E-state index contributed by atoms with van der Waals surface area (Å²) in [6.45, 7) is 0. The molecule has 2 saturated heterocycles. The van der Waals surface area contributed by atoms with Crippen molar-refractivity contribution in [1.29, 1.82) is 0 Å². The number of piperidine rings is 1. The third-order valence-electron chi connectivity index (χ3n) is 3.52. The van der Waals surface area contributed by atoms with Crippen LogP contribution in [0.5, 0.6) is 0 Å². The van der Waals surface area contributed by atoms with Crippen molar-refractivity contribution in [2.75, 3.05) is 0 Å². The number of nitrogens with zero attached hydrogens (tertiary/aromatic N) is 1. The van der Waals surface area contributed by atoms with Gasteiger partial charge in [-0.2, -0.15) is 13.2 Å². The van der Waals surface area contributed by atoms with Gasteiger partial charge in [0.2, 0.25) is 0 Å². The maximum atomic E-state index is 12.6. The van der Waals surface area contributed by atoms with Crippen LogP contribution in [0, 0.1) is 0 Å². The first-order chi connectivity index (χ1) is 7.24. The number of amides is 1. The molecule has 2 aliphatic heterocycles. The molecule has 2 bridgehead atoms. The van der Waals surface area contributed by atoms with Gasteiger partial charge in [-0.25, -0.2) is 4.79 Å². The predicted molar refractivity (Wildman–Crippen MR) is 46.9 cm³/mol. The fourth-order valence-corrected chi connectivity index (χ4v) is 2.77. The number of hydrogen-bond donors (Lipinski definition) is 2. The molecule has 2 heterocycles. The van der Waals surface area contributed by atoms with Crippen molar-refractivity contribution < 1.29 is 28.2 Å². The first-order valence-corrected chi connectivity index (χ1v) is 5.05. The minimum absolute atomic E-state index is 0.398. The van der Waals surface area contributed by atoms with Gasteiger partial charge in [0.1, 0.15) is 0 Å². The summed E-state index contributed by atoms with van der Waals surface area (Å²) >= 11 is 0. The Labute approximate surface area is 89.7 Å². The number of fused-ring (bicyclic) bond motifs is 2. The van der Waals surface area contributed by atoms with Gasteiger partial charge >= 0.3 is 12.3 Å². The van der Waals surface area contributed by atoms with Crippen molar-refractivity contribution in [3.8, 4) is 0 Å². The van der Waals surface area contributed by atoms with Gasteiger partial charge in [0, 0.05) is 24.9 Å². The summed E-state index contributed by atoms with van der Waals surface area (Å²) in [5, 5.41) is 18.4. The van der Waals surface area contributed by atoms with Crippen LogP contribution in [0.2, 0.25) is 0 Å². The zero-order chi connectivity index (χ0) is 12.1. The van der Waals surface area contributed by atoms with Gasteiger partial charge in [0.25, 0.3) is 0 Å². The van der Waals surface area contributed by atoms with Gasteiger partial charge in [0.15, 0.2) is 5.60 Å². The van der Waals surface area contributed by atoms with Crippen LogP contribution in [0.3, 0.4) is 0 Å². The Balaban J connectivity index is 2.22. The van der Waals surface area contributed by atoms with E-state index in [9.17, 15) is 23.1 Å². The Morgan fingerprint density at radius 3 is 2.00 bits per heavy atom. The number of carboxylic acid groups (broad SMARTS) is 1. The van der Waals surface area contributed by atoms with Crippen molar-refractivity contribution >= 4 is 6.09 Å².